The molecule has 1 saturated heterocycles. The molecule has 184 valence electrons. The Labute approximate surface area is 214 Å². The molecule has 7 nitrogen and oxygen atoms in total. The van der Waals surface area contributed by atoms with Crippen molar-refractivity contribution >= 4 is 49.6 Å². The largest absolute Gasteiger partial charge is 0.337 e. The van der Waals surface area contributed by atoms with Crippen molar-refractivity contribution in [3.05, 3.63) is 67.1 Å². The number of rotatable bonds is 3. The van der Waals surface area contributed by atoms with Gasteiger partial charge in [0.2, 0.25) is 5.91 Å². The van der Waals surface area contributed by atoms with Crippen LogP contribution >= 0.6 is 0 Å². The van der Waals surface area contributed by atoms with Gasteiger partial charge in [-0.05, 0) is 63.4 Å². The summed E-state index contributed by atoms with van der Waals surface area (Å²) in [6.07, 6.45) is 8.99. The summed E-state index contributed by atoms with van der Waals surface area (Å²) in [4.78, 5) is 33.5. The molecule has 2 atom stereocenters. The van der Waals surface area contributed by atoms with E-state index in [1.165, 1.54) is 6.42 Å². The molecule has 1 aliphatic rings. The van der Waals surface area contributed by atoms with Crippen molar-refractivity contribution < 1.29 is 4.79 Å². The molecule has 2 aromatic carbocycles. The normalized spacial score (nSPS) is 18.4. The number of nitrogens with one attached hydrogen (secondary N) is 1. The van der Waals surface area contributed by atoms with Crippen LogP contribution in [0.2, 0.25) is 0 Å². The van der Waals surface area contributed by atoms with Crippen LogP contribution < -0.4 is 0 Å². The van der Waals surface area contributed by atoms with Crippen molar-refractivity contribution in [3.63, 3.8) is 0 Å². The predicted molar refractivity (Wildman–Crippen MR) is 147 cm³/mol. The van der Waals surface area contributed by atoms with E-state index < -0.39 is 0 Å². The predicted octanol–water partition coefficient (Wildman–Crippen LogP) is 6.07. The maximum Gasteiger partial charge on any atom is 0.242 e. The van der Waals surface area contributed by atoms with Crippen molar-refractivity contribution in [2.24, 2.45) is 0 Å². The van der Waals surface area contributed by atoms with Crippen LogP contribution in [0.15, 0.2) is 67.1 Å². The van der Waals surface area contributed by atoms with Gasteiger partial charge in [0.1, 0.15) is 12.4 Å². The fraction of sp³-hybridized carbons (Fsp3) is 0.267. The number of carbonyl (C=O) groups is 1. The Balaban J connectivity index is 1.38. The summed E-state index contributed by atoms with van der Waals surface area (Å²) in [5.74, 6) is 0.948. The van der Waals surface area contributed by atoms with Crippen LogP contribution in [-0.4, -0.2) is 47.4 Å². The Hall–Kier alpha value is -4.26. The Bertz CT molecular complexity index is 1730. The molecule has 7 rings (SSSR count). The van der Waals surface area contributed by atoms with Crippen molar-refractivity contribution in [2.45, 2.75) is 51.7 Å². The van der Waals surface area contributed by atoms with E-state index in [4.69, 9.17) is 4.98 Å². The zero-order valence-electron chi connectivity index (χ0n) is 21.0. The fourth-order valence-corrected chi connectivity index (χ4v) is 6.18. The number of para-hydroxylation sites is 1. The van der Waals surface area contributed by atoms with Gasteiger partial charge < -0.3 is 14.5 Å². The maximum absolute atomic E-state index is 13.5. The van der Waals surface area contributed by atoms with Gasteiger partial charge in [-0.3, -0.25) is 14.8 Å². The number of hydrogen-bond donors (Lipinski definition) is 1. The number of H-pyrrole nitrogens is 1. The lowest BCUT2D eigenvalue weighted by molar-refractivity contribution is -0.137. The second kappa shape index (κ2) is 8.40. The van der Waals surface area contributed by atoms with Crippen LogP contribution in [0.4, 0.5) is 0 Å². The van der Waals surface area contributed by atoms with Gasteiger partial charge in [0.05, 0.1) is 22.1 Å². The van der Waals surface area contributed by atoms with E-state index in [9.17, 15) is 4.79 Å². The number of nitrogens with zero attached hydrogens (tertiary/aromatic N) is 5. The lowest BCUT2D eigenvalue weighted by Gasteiger charge is -2.39. The molecule has 1 N–H and O–H groups in total. The van der Waals surface area contributed by atoms with E-state index in [2.05, 4.69) is 62.7 Å². The molecule has 0 spiro atoms. The number of imidazole rings is 1. The molecular formula is C30H28N6O. The number of benzene rings is 2. The van der Waals surface area contributed by atoms with E-state index in [1.54, 1.807) is 12.4 Å². The highest BCUT2D eigenvalue weighted by Gasteiger charge is 2.29. The summed E-state index contributed by atoms with van der Waals surface area (Å²) in [6.45, 7) is 4.65. The number of pyridine rings is 2. The number of fused-ring (bicyclic) bond motifs is 7. The summed E-state index contributed by atoms with van der Waals surface area (Å²) < 4.78 is 2.08. The van der Waals surface area contributed by atoms with Gasteiger partial charge >= 0.3 is 0 Å². The summed E-state index contributed by atoms with van der Waals surface area (Å²) in [7, 11) is 0. The van der Waals surface area contributed by atoms with E-state index in [1.807, 2.05) is 30.3 Å². The summed E-state index contributed by atoms with van der Waals surface area (Å²) in [5.41, 5.74) is 5.54. The van der Waals surface area contributed by atoms with Gasteiger partial charge in [0, 0.05) is 57.9 Å². The molecule has 5 heterocycles. The molecular weight excluding hydrogens is 460 g/mol. The summed E-state index contributed by atoms with van der Waals surface area (Å²) in [6, 6.07) is 16.8. The van der Waals surface area contributed by atoms with Crippen LogP contribution in [0.1, 0.15) is 33.1 Å². The first-order valence-electron chi connectivity index (χ1n) is 13.0. The van der Waals surface area contributed by atoms with Gasteiger partial charge in [0.15, 0.2) is 0 Å². The zero-order valence-corrected chi connectivity index (χ0v) is 21.0. The molecule has 1 amide bonds. The number of amides is 1. The molecule has 0 saturated carbocycles. The van der Waals surface area contributed by atoms with Gasteiger partial charge in [-0.15, -0.1) is 0 Å². The number of hydrogen-bond acceptors (Lipinski definition) is 4. The first-order valence-corrected chi connectivity index (χ1v) is 13.0. The minimum atomic E-state index is 0.172. The maximum atomic E-state index is 13.5. The Morgan fingerprint density at radius 1 is 0.892 bits per heavy atom. The Morgan fingerprint density at radius 3 is 2.35 bits per heavy atom. The second-order valence-electron chi connectivity index (χ2n) is 10.2. The second-order valence-corrected chi connectivity index (χ2v) is 10.2. The first kappa shape index (κ1) is 22.0. The average molecular weight is 489 g/mol. The highest BCUT2D eigenvalue weighted by atomic mass is 16.2. The monoisotopic (exact) mass is 488 g/mol. The van der Waals surface area contributed by atoms with Crippen LogP contribution in [0.5, 0.6) is 0 Å². The number of carbonyl (C=O) groups excluding carboxylic acids is 1. The van der Waals surface area contributed by atoms with Crippen LogP contribution in [-0.2, 0) is 11.3 Å². The number of likely N-dealkylation sites (tertiary alicyclic amines) is 1. The topological polar surface area (TPSA) is 79.7 Å². The first-order chi connectivity index (χ1) is 18.1. The van der Waals surface area contributed by atoms with E-state index in [-0.39, 0.29) is 18.0 Å². The molecule has 2 unspecified atom stereocenters. The summed E-state index contributed by atoms with van der Waals surface area (Å²) in [5, 5.41) is 3.03. The molecule has 0 radical (unpaired) electrons. The molecule has 6 aromatic rings. The van der Waals surface area contributed by atoms with Gasteiger partial charge in [-0.25, -0.2) is 4.98 Å². The quantitative estimate of drug-likeness (QED) is 0.307. The lowest BCUT2D eigenvalue weighted by Crippen LogP contribution is -2.48. The molecule has 1 fully saturated rings. The van der Waals surface area contributed by atoms with Crippen molar-refractivity contribution in [1.82, 2.24) is 29.4 Å². The minimum absolute atomic E-state index is 0.172. The molecule has 4 aromatic heterocycles. The molecule has 0 aliphatic carbocycles. The molecule has 37 heavy (non-hydrogen) atoms. The molecule has 7 heteroatoms. The molecule has 1 aliphatic heterocycles. The highest BCUT2D eigenvalue weighted by molar-refractivity contribution is 6.21. The van der Waals surface area contributed by atoms with E-state index in [0.29, 0.717) is 6.54 Å². The molecule has 0 bridgehead atoms. The summed E-state index contributed by atoms with van der Waals surface area (Å²) >= 11 is 0. The van der Waals surface area contributed by atoms with E-state index in [0.717, 1.165) is 68.0 Å². The number of piperidine rings is 1. The zero-order chi connectivity index (χ0) is 25.1. The SMILES string of the molecule is CC1CCCC(C)N1C(=O)Cn1cc(-c2nc3c4cccnc4c4ncccc4c3[nH]2)c2ccccc21. The van der Waals surface area contributed by atoms with Gasteiger partial charge in [-0.1, -0.05) is 18.2 Å². The Kier molecular flexibility index (Phi) is 4.99. The van der Waals surface area contributed by atoms with Gasteiger partial charge in [0.25, 0.3) is 0 Å². The van der Waals surface area contributed by atoms with Crippen molar-refractivity contribution in [1.29, 1.82) is 0 Å². The lowest BCUT2D eigenvalue weighted by atomic mass is 9.97. The van der Waals surface area contributed by atoms with E-state index >= 15 is 0 Å². The third-order valence-corrected chi connectivity index (χ3v) is 7.90. The smallest absolute Gasteiger partial charge is 0.242 e. The highest BCUT2D eigenvalue weighted by Crippen LogP contribution is 2.36. The van der Waals surface area contributed by atoms with Crippen molar-refractivity contribution in [2.75, 3.05) is 0 Å². The number of aromatic nitrogens is 5. The average Bonchev–Trinajstić information content (AvgIpc) is 3.51. The van der Waals surface area contributed by atoms with Crippen LogP contribution in [0.3, 0.4) is 0 Å². The van der Waals surface area contributed by atoms with Crippen LogP contribution in [0, 0.1) is 0 Å². The van der Waals surface area contributed by atoms with Gasteiger partial charge in [-0.2, -0.15) is 0 Å². The standard InChI is InChI=1S/C30H28N6O/c1-18-8-5-9-19(2)36(18)25(37)17-35-16-23(20-10-3-4-13-24(20)35)30-33-28-21-11-6-14-31-26(21)27-22(29(28)34-30)12-7-15-32-27/h3-4,6-7,10-16,18-19H,5,8-9,17H2,1-2H3,(H,33,34). The third-order valence-electron chi connectivity index (χ3n) is 7.90. The van der Waals surface area contributed by atoms with Crippen molar-refractivity contribution in [3.8, 4) is 11.4 Å². The fourth-order valence-electron chi connectivity index (χ4n) is 6.18. The minimum Gasteiger partial charge on any atom is -0.337 e. The Morgan fingerprint density at radius 2 is 1.57 bits per heavy atom. The third kappa shape index (κ3) is 3.41. The number of aromatic amines is 1. The van der Waals surface area contributed by atoms with Crippen LogP contribution in [0.25, 0.3) is 55.1 Å².